The summed E-state index contributed by atoms with van der Waals surface area (Å²) in [4.78, 5) is 37.5. The fourth-order valence-electron chi connectivity index (χ4n) is 7.36. The summed E-state index contributed by atoms with van der Waals surface area (Å²) in [6, 6.07) is -0.574. The Balaban J connectivity index is 1.31. The molecule has 1 saturated heterocycles. The number of ether oxygens (including phenoxy) is 1. The first-order valence-corrected chi connectivity index (χ1v) is 12.9. The molecule has 0 radical (unpaired) electrons. The van der Waals surface area contributed by atoms with Crippen molar-refractivity contribution in [3.63, 3.8) is 0 Å². The van der Waals surface area contributed by atoms with Crippen molar-refractivity contribution in [3.05, 3.63) is 0 Å². The van der Waals surface area contributed by atoms with Crippen LogP contribution in [0.25, 0.3) is 0 Å². The topological polar surface area (TPSA) is 137 Å². The Morgan fingerprint density at radius 3 is 2.47 bits per heavy atom. The lowest BCUT2D eigenvalue weighted by molar-refractivity contribution is -0.161. The molecule has 5 rings (SSSR count). The van der Waals surface area contributed by atoms with Gasteiger partial charge in [-0.3, -0.25) is 9.59 Å². The maximum atomic E-state index is 12.9. The summed E-state index contributed by atoms with van der Waals surface area (Å²) in [6.07, 6.45) is 5.48. The van der Waals surface area contributed by atoms with E-state index >= 15 is 0 Å². The maximum Gasteiger partial charge on any atom is 0.407 e. The SMILES string of the molecule is CC(C)C[C@H](OC(=O)NCC12CC3CC(CC(O)(C3)C1)C2)C(=O)N[C@H](CO)C[C@@H]1CCNC1=O. The molecule has 5 aliphatic rings. The van der Waals surface area contributed by atoms with Crippen molar-refractivity contribution in [2.45, 2.75) is 89.4 Å². The highest BCUT2D eigenvalue weighted by Crippen LogP contribution is 2.61. The number of aliphatic hydroxyl groups is 2. The molecule has 0 spiro atoms. The summed E-state index contributed by atoms with van der Waals surface area (Å²) in [5.74, 6) is 0.429. The maximum absolute atomic E-state index is 12.9. The van der Waals surface area contributed by atoms with Crippen molar-refractivity contribution in [3.8, 4) is 0 Å². The normalized spacial score (nSPS) is 35.7. The molecule has 0 aromatic carbocycles. The molecule has 34 heavy (non-hydrogen) atoms. The third-order valence-corrected chi connectivity index (χ3v) is 8.28. The van der Waals surface area contributed by atoms with Gasteiger partial charge in [-0.1, -0.05) is 13.8 Å². The minimum Gasteiger partial charge on any atom is -0.436 e. The largest absolute Gasteiger partial charge is 0.436 e. The van der Waals surface area contributed by atoms with E-state index in [0.29, 0.717) is 44.2 Å². The fourth-order valence-corrected chi connectivity index (χ4v) is 7.36. The second-order valence-electron chi connectivity index (χ2n) is 12.0. The van der Waals surface area contributed by atoms with Crippen molar-refractivity contribution in [2.75, 3.05) is 19.7 Å². The zero-order valence-electron chi connectivity index (χ0n) is 20.5. The molecule has 2 unspecified atom stereocenters. The summed E-state index contributed by atoms with van der Waals surface area (Å²) < 4.78 is 5.56. The zero-order chi connectivity index (χ0) is 24.5. The zero-order valence-corrected chi connectivity index (χ0v) is 20.5. The lowest BCUT2D eigenvalue weighted by atomic mass is 9.48. The third kappa shape index (κ3) is 5.85. The Morgan fingerprint density at radius 1 is 1.21 bits per heavy atom. The molecule has 0 aromatic rings. The molecule has 5 N–H and O–H groups in total. The van der Waals surface area contributed by atoms with Crippen molar-refractivity contribution in [1.82, 2.24) is 16.0 Å². The molecular formula is C25H41N3O6. The number of hydrogen-bond acceptors (Lipinski definition) is 6. The molecule has 0 aromatic heterocycles. The van der Waals surface area contributed by atoms with Gasteiger partial charge in [0.2, 0.25) is 5.91 Å². The molecule has 4 bridgehead atoms. The molecule has 4 saturated carbocycles. The van der Waals surface area contributed by atoms with Crippen molar-refractivity contribution < 1.29 is 29.3 Å². The minimum absolute atomic E-state index is 0.0589. The van der Waals surface area contributed by atoms with Gasteiger partial charge in [-0.25, -0.2) is 4.79 Å². The average Bonchev–Trinajstić information content (AvgIpc) is 3.13. The number of aliphatic hydroxyl groups excluding tert-OH is 1. The van der Waals surface area contributed by atoms with Gasteiger partial charge in [-0.15, -0.1) is 0 Å². The van der Waals surface area contributed by atoms with Crippen molar-refractivity contribution in [2.24, 2.45) is 29.1 Å². The Hall–Kier alpha value is -1.87. The van der Waals surface area contributed by atoms with Crippen LogP contribution >= 0.6 is 0 Å². The number of nitrogens with one attached hydrogen (secondary N) is 3. The first kappa shape index (κ1) is 25.2. The third-order valence-electron chi connectivity index (χ3n) is 8.28. The summed E-state index contributed by atoms with van der Waals surface area (Å²) in [6.45, 7) is 4.67. The van der Waals surface area contributed by atoms with Gasteiger partial charge < -0.3 is 30.9 Å². The first-order valence-electron chi connectivity index (χ1n) is 12.9. The van der Waals surface area contributed by atoms with Gasteiger partial charge >= 0.3 is 6.09 Å². The van der Waals surface area contributed by atoms with Crippen LogP contribution in [0.2, 0.25) is 0 Å². The Bertz CT molecular complexity index is 773. The number of amides is 3. The minimum atomic E-state index is -0.980. The smallest absolute Gasteiger partial charge is 0.407 e. The van der Waals surface area contributed by atoms with Crippen LogP contribution in [0.15, 0.2) is 0 Å². The van der Waals surface area contributed by atoms with Crippen LogP contribution in [0.1, 0.15) is 71.6 Å². The van der Waals surface area contributed by atoms with Gasteiger partial charge in [-0.2, -0.15) is 0 Å². The van der Waals surface area contributed by atoms with E-state index in [9.17, 15) is 24.6 Å². The highest BCUT2D eigenvalue weighted by atomic mass is 16.6. The van der Waals surface area contributed by atoms with E-state index in [1.54, 1.807) is 0 Å². The van der Waals surface area contributed by atoms with E-state index < -0.39 is 29.7 Å². The Morgan fingerprint density at radius 2 is 1.91 bits per heavy atom. The van der Waals surface area contributed by atoms with Crippen LogP contribution in [-0.4, -0.2) is 65.6 Å². The van der Waals surface area contributed by atoms with Crippen molar-refractivity contribution in [1.29, 1.82) is 0 Å². The van der Waals surface area contributed by atoms with Crippen LogP contribution in [0.4, 0.5) is 4.79 Å². The molecule has 9 heteroatoms. The van der Waals surface area contributed by atoms with Gasteiger partial charge in [-0.05, 0) is 81.0 Å². The van der Waals surface area contributed by atoms with Gasteiger partial charge in [0.1, 0.15) is 0 Å². The van der Waals surface area contributed by atoms with Crippen LogP contribution < -0.4 is 16.0 Å². The molecule has 4 aliphatic carbocycles. The van der Waals surface area contributed by atoms with Crippen molar-refractivity contribution >= 4 is 17.9 Å². The van der Waals surface area contributed by atoms with Gasteiger partial charge in [0.05, 0.1) is 18.2 Å². The fraction of sp³-hybridized carbons (Fsp3) is 0.880. The van der Waals surface area contributed by atoms with E-state index in [0.717, 1.165) is 32.1 Å². The Labute approximate surface area is 201 Å². The van der Waals surface area contributed by atoms with Crippen LogP contribution in [0, 0.1) is 29.1 Å². The van der Waals surface area contributed by atoms with Crippen LogP contribution in [-0.2, 0) is 14.3 Å². The number of carbonyl (C=O) groups is 3. The van der Waals surface area contributed by atoms with Gasteiger partial charge in [0.25, 0.3) is 5.91 Å². The molecule has 9 nitrogen and oxygen atoms in total. The second kappa shape index (κ2) is 10.0. The summed E-state index contributed by atoms with van der Waals surface area (Å²) >= 11 is 0. The molecule has 192 valence electrons. The molecule has 1 heterocycles. The molecule has 3 amide bonds. The Kier molecular flexibility index (Phi) is 7.43. The number of rotatable bonds is 10. The van der Waals surface area contributed by atoms with E-state index in [4.69, 9.17) is 4.74 Å². The highest BCUT2D eigenvalue weighted by molar-refractivity contribution is 5.84. The van der Waals surface area contributed by atoms with E-state index in [1.165, 1.54) is 6.42 Å². The van der Waals surface area contributed by atoms with E-state index in [2.05, 4.69) is 16.0 Å². The first-order chi connectivity index (χ1) is 16.1. The summed E-state index contributed by atoms with van der Waals surface area (Å²) in [5, 5.41) is 29.1. The average molecular weight is 480 g/mol. The summed E-state index contributed by atoms with van der Waals surface area (Å²) in [7, 11) is 0. The molecule has 5 fully saturated rings. The number of hydrogen-bond donors (Lipinski definition) is 5. The predicted molar refractivity (Wildman–Crippen MR) is 125 cm³/mol. The lowest BCUT2D eigenvalue weighted by Gasteiger charge is -2.60. The molecule has 5 atom stereocenters. The second-order valence-corrected chi connectivity index (χ2v) is 12.0. The molecule has 1 aliphatic heterocycles. The highest BCUT2D eigenvalue weighted by Gasteiger charge is 2.57. The van der Waals surface area contributed by atoms with Crippen LogP contribution in [0.3, 0.4) is 0 Å². The van der Waals surface area contributed by atoms with Crippen LogP contribution in [0.5, 0.6) is 0 Å². The van der Waals surface area contributed by atoms with E-state index in [1.807, 2.05) is 13.8 Å². The van der Waals surface area contributed by atoms with Gasteiger partial charge in [0.15, 0.2) is 6.10 Å². The number of alkyl carbamates (subject to hydrolysis) is 1. The molecular weight excluding hydrogens is 438 g/mol. The monoisotopic (exact) mass is 479 g/mol. The predicted octanol–water partition coefficient (Wildman–Crippen LogP) is 1.46. The standard InChI is InChI=1S/C25H41N3O6/c1-15(2)5-20(22(31)28-19(12-29)7-18-3-4-26-21(18)30)34-23(32)27-14-24-8-16-6-17(9-24)11-25(33,10-16)13-24/h15-20,29,33H,3-14H2,1-2H3,(H,26,30)(H,27,32)(H,28,31)/t16?,17?,18-,19-,20-,24?,25?/m0/s1. The van der Waals surface area contributed by atoms with Gasteiger partial charge in [0, 0.05) is 19.0 Å². The summed E-state index contributed by atoms with van der Waals surface area (Å²) in [5.41, 5.74) is -0.678. The number of carbonyl (C=O) groups excluding carboxylic acids is 3. The quantitative estimate of drug-likeness (QED) is 0.322. The van der Waals surface area contributed by atoms with E-state index in [-0.39, 0.29) is 29.8 Å². The lowest BCUT2D eigenvalue weighted by Crippen LogP contribution is -2.58.